The topological polar surface area (TPSA) is 33.7 Å². The predicted octanol–water partition coefficient (Wildman–Crippen LogP) is 1.36. The van der Waals surface area contributed by atoms with Crippen LogP contribution in [0.1, 0.15) is 26.2 Å². The van der Waals surface area contributed by atoms with Crippen LogP contribution in [0.15, 0.2) is 0 Å². The highest BCUT2D eigenvalue weighted by Crippen LogP contribution is 2.16. The molecular weight excluding hydrogens is 228 g/mol. The highest BCUT2D eigenvalue weighted by Gasteiger charge is 2.17. The molecule has 1 heterocycles. The molecule has 0 spiro atoms. The van der Waals surface area contributed by atoms with Crippen molar-refractivity contribution < 1.29 is 9.47 Å². The third kappa shape index (κ3) is 7.31. The molecule has 18 heavy (non-hydrogen) atoms. The number of likely N-dealkylation sites (tertiary alicyclic amines) is 1. The van der Waals surface area contributed by atoms with Gasteiger partial charge in [0.25, 0.3) is 0 Å². The Hall–Kier alpha value is -0.160. The van der Waals surface area contributed by atoms with Crippen LogP contribution in [0, 0.1) is 5.92 Å². The van der Waals surface area contributed by atoms with E-state index in [2.05, 4.69) is 17.1 Å². The SMILES string of the molecule is CCNCC1CCN(CCCOCCOC)CC1. The molecule has 1 N–H and O–H groups in total. The summed E-state index contributed by atoms with van der Waals surface area (Å²) in [6.45, 7) is 10.5. The lowest BCUT2D eigenvalue weighted by molar-refractivity contribution is 0.0630. The molecule has 1 saturated heterocycles. The molecule has 0 aromatic heterocycles. The Labute approximate surface area is 112 Å². The zero-order chi connectivity index (χ0) is 13.1. The van der Waals surface area contributed by atoms with Crippen LogP contribution in [-0.2, 0) is 9.47 Å². The van der Waals surface area contributed by atoms with Gasteiger partial charge in [-0.05, 0) is 51.4 Å². The fourth-order valence-corrected chi connectivity index (χ4v) is 2.40. The van der Waals surface area contributed by atoms with Crippen LogP contribution in [-0.4, -0.2) is 64.6 Å². The maximum Gasteiger partial charge on any atom is 0.0700 e. The fourth-order valence-electron chi connectivity index (χ4n) is 2.40. The molecule has 1 aliphatic heterocycles. The zero-order valence-electron chi connectivity index (χ0n) is 12.1. The van der Waals surface area contributed by atoms with E-state index in [1.165, 1.54) is 39.0 Å². The number of rotatable bonds is 10. The van der Waals surface area contributed by atoms with Gasteiger partial charge in [0.15, 0.2) is 0 Å². The minimum absolute atomic E-state index is 0.704. The average molecular weight is 258 g/mol. The summed E-state index contributed by atoms with van der Waals surface area (Å²) in [5.74, 6) is 0.888. The highest BCUT2D eigenvalue weighted by atomic mass is 16.5. The first-order valence-electron chi connectivity index (χ1n) is 7.36. The number of piperidine rings is 1. The Balaban J connectivity index is 1.92. The van der Waals surface area contributed by atoms with Gasteiger partial charge >= 0.3 is 0 Å². The Morgan fingerprint density at radius 1 is 1.17 bits per heavy atom. The Morgan fingerprint density at radius 3 is 2.61 bits per heavy atom. The van der Waals surface area contributed by atoms with Gasteiger partial charge in [-0.2, -0.15) is 0 Å². The Morgan fingerprint density at radius 2 is 1.94 bits per heavy atom. The number of methoxy groups -OCH3 is 1. The molecule has 4 heteroatoms. The van der Waals surface area contributed by atoms with E-state index in [9.17, 15) is 0 Å². The van der Waals surface area contributed by atoms with Crippen molar-refractivity contribution in [1.82, 2.24) is 10.2 Å². The van der Waals surface area contributed by atoms with E-state index in [4.69, 9.17) is 9.47 Å². The van der Waals surface area contributed by atoms with Crippen molar-refractivity contribution in [3.8, 4) is 0 Å². The van der Waals surface area contributed by atoms with Crippen molar-refractivity contribution in [2.24, 2.45) is 5.92 Å². The van der Waals surface area contributed by atoms with Crippen LogP contribution in [0.25, 0.3) is 0 Å². The van der Waals surface area contributed by atoms with Gasteiger partial charge in [0.2, 0.25) is 0 Å². The van der Waals surface area contributed by atoms with Crippen molar-refractivity contribution in [2.75, 3.05) is 59.7 Å². The lowest BCUT2D eigenvalue weighted by Gasteiger charge is -2.32. The second-order valence-electron chi connectivity index (χ2n) is 5.05. The standard InChI is InChI=1S/C14H30N2O2/c1-3-15-13-14-5-8-16(9-6-14)7-4-10-18-12-11-17-2/h14-15H,3-13H2,1-2H3. The Kier molecular flexibility index (Phi) is 9.48. The van der Waals surface area contributed by atoms with E-state index in [-0.39, 0.29) is 0 Å². The molecule has 0 atom stereocenters. The van der Waals surface area contributed by atoms with Gasteiger partial charge in [0.05, 0.1) is 13.2 Å². The molecular formula is C14H30N2O2. The van der Waals surface area contributed by atoms with Crippen LogP contribution in [0.4, 0.5) is 0 Å². The lowest BCUT2D eigenvalue weighted by atomic mass is 9.97. The van der Waals surface area contributed by atoms with E-state index in [1.807, 2.05) is 0 Å². The van der Waals surface area contributed by atoms with Crippen molar-refractivity contribution in [3.63, 3.8) is 0 Å². The molecule has 0 aliphatic carbocycles. The van der Waals surface area contributed by atoms with Gasteiger partial charge in [-0.1, -0.05) is 6.92 Å². The van der Waals surface area contributed by atoms with E-state index in [1.54, 1.807) is 7.11 Å². The maximum atomic E-state index is 5.48. The minimum atomic E-state index is 0.704. The van der Waals surface area contributed by atoms with Crippen LogP contribution < -0.4 is 5.32 Å². The summed E-state index contributed by atoms with van der Waals surface area (Å²) in [6, 6.07) is 0. The van der Waals surface area contributed by atoms with E-state index < -0.39 is 0 Å². The van der Waals surface area contributed by atoms with Gasteiger partial charge in [-0.3, -0.25) is 0 Å². The molecule has 0 aromatic rings. The van der Waals surface area contributed by atoms with Crippen molar-refractivity contribution >= 4 is 0 Å². The number of nitrogens with zero attached hydrogens (tertiary/aromatic N) is 1. The molecule has 0 radical (unpaired) electrons. The molecule has 0 unspecified atom stereocenters. The van der Waals surface area contributed by atoms with Crippen LogP contribution in [0.3, 0.4) is 0 Å². The summed E-state index contributed by atoms with van der Waals surface area (Å²) in [4.78, 5) is 2.57. The largest absolute Gasteiger partial charge is 0.382 e. The minimum Gasteiger partial charge on any atom is -0.382 e. The van der Waals surface area contributed by atoms with Crippen LogP contribution >= 0.6 is 0 Å². The monoisotopic (exact) mass is 258 g/mol. The van der Waals surface area contributed by atoms with Gasteiger partial charge in [-0.15, -0.1) is 0 Å². The zero-order valence-corrected chi connectivity index (χ0v) is 12.1. The smallest absolute Gasteiger partial charge is 0.0700 e. The summed E-state index contributed by atoms with van der Waals surface area (Å²) in [5.41, 5.74) is 0. The molecule has 4 nitrogen and oxygen atoms in total. The molecule has 108 valence electrons. The van der Waals surface area contributed by atoms with Crippen molar-refractivity contribution in [2.45, 2.75) is 26.2 Å². The second-order valence-corrected chi connectivity index (χ2v) is 5.05. The number of hydrogen-bond acceptors (Lipinski definition) is 4. The molecule has 0 bridgehead atoms. The summed E-state index contributed by atoms with van der Waals surface area (Å²) < 4.78 is 10.4. The molecule has 0 aromatic carbocycles. The quantitative estimate of drug-likeness (QED) is 0.600. The van der Waals surface area contributed by atoms with Gasteiger partial charge in [0.1, 0.15) is 0 Å². The molecule has 1 fully saturated rings. The summed E-state index contributed by atoms with van der Waals surface area (Å²) in [7, 11) is 1.71. The number of hydrogen-bond donors (Lipinski definition) is 1. The number of nitrogens with one attached hydrogen (secondary N) is 1. The third-order valence-corrected chi connectivity index (χ3v) is 3.58. The first-order valence-corrected chi connectivity index (χ1v) is 7.36. The molecule has 0 amide bonds. The second kappa shape index (κ2) is 10.7. The third-order valence-electron chi connectivity index (χ3n) is 3.58. The van der Waals surface area contributed by atoms with E-state index in [0.717, 1.165) is 32.1 Å². The fraction of sp³-hybridized carbons (Fsp3) is 1.00. The lowest BCUT2D eigenvalue weighted by Crippen LogP contribution is -2.38. The molecule has 1 aliphatic rings. The van der Waals surface area contributed by atoms with Crippen molar-refractivity contribution in [1.29, 1.82) is 0 Å². The van der Waals surface area contributed by atoms with Crippen LogP contribution in [0.2, 0.25) is 0 Å². The summed E-state index contributed by atoms with van der Waals surface area (Å²) >= 11 is 0. The van der Waals surface area contributed by atoms with E-state index in [0.29, 0.717) is 6.61 Å². The van der Waals surface area contributed by atoms with Gasteiger partial charge in [-0.25, -0.2) is 0 Å². The van der Waals surface area contributed by atoms with E-state index >= 15 is 0 Å². The molecule has 1 rings (SSSR count). The van der Waals surface area contributed by atoms with Gasteiger partial charge < -0.3 is 19.7 Å². The molecule has 0 saturated carbocycles. The average Bonchev–Trinajstić information content (AvgIpc) is 2.42. The summed E-state index contributed by atoms with van der Waals surface area (Å²) in [5, 5.41) is 3.45. The highest BCUT2D eigenvalue weighted by molar-refractivity contribution is 4.73. The number of ether oxygens (including phenoxy) is 2. The Bertz CT molecular complexity index is 183. The first-order chi connectivity index (χ1) is 8.86. The van der Waals surface area contributed by atoms with Crippen LogP contribution in [0.5, 0.6) is 0 Å². The summed E-state index contributed by atoms with van der Waals surface area (Å²) in [6.07, 6.45) is 3.83. The van der Waals surface area contributed by atoms with Gasteiger partial charge in [0, 0.05) is 20.3 Å². The normalized spacial score (nSPS) is 18.3. The first kappa shape index (κ1) is 15.9. The predicted molar refractivity (Wildman–Crippen MR) is 75.0 cm³/mol. The maximum absolute atomic E-state index is 5.48. The van der Waals surface area contributed by atoms with Crippen molar-refractivity contribution in [3.05, 3.63) is 0 Å².